The van der Waals surface area contributed by atoms with Crippen molar-refractivity contribution < 1.29 is 0 Å². The quantitative estimate of drug-likeness (QED) is 0.153. The third-order valence-corrected chi connectivity index (χ3v) is 12.9. The zero-order chi connectivity index (χ0) is 43.4. The first kappa shape index (κ1) is 38.1. The molecule has 0 aliphatic carbocycles. The third-order valence-electron chi connectivity index (χ3n) is 12.9. The minimum absolute atomic E-state index is 0.625. The fourth-order valence-corrected chi connectivity index (χ4v) is 9.84. The molecule has 0 saturated carbocycles. The molecule has 306 valence electrons. The van der Waals surface area contributed by atoms with E-state index in [2.05, 4.69) is 241 Å². The molecule has 0 aliphatic heterocycles. The average Bonchev–Trinajstić information content (AvgIpc) is 3.90. The largest absolute Gasteiger partial charge is 0.309 e. The molecule has 0 amide bonds. The van der Waals surface area contributed by atoms with Crippen molar-refractivity contribution in [2.75, 3.05) is 0 Å². The minimum Gasteiger partial charge on any atom is -0.309 e. The first-order chi connectivity index (χ1) is 32.1. The molecule has 3 heterocycles. The van der Waals surface area contributed by atoms with Crippen LogP contribution in [0.15, 0.2) is 225 Å². The van der Waals surface area contributed by atoms with Crippen molar-refractivity contribution in [2.45, 2.75) is 6.92 Å². The predicted octanol–water partition coefficient (Wildman–Crippen LogP) is 16.0. The van der Waals surface area contributed by atoms with E-state index in [9.17, 15) is 0 Å². The molecule has 0 atom stereocenters. The number of benzene rings is 9. The number of aromatic nitrogens is 4. The molecule has 0 bridgehead atoms. The first-order valence-electron chi connectivity index (χ1n) is 22.1. The number of hydrogen-bond acceptors (Lipinski definition) is 2. The lowest BCUT2D eigenvalue weighted by atomic mass is 9.95. The normalized spacial score (nSPS) is 11.5. The van der Waals surface area contributed by atoms with E-state index in [0.717, 1.165) is 99.6 Å². The Hall–Kier alpha value is -8.60. The summed E-state index contributed by atoms with van der Waals surface area (Å²) in [6, 6.07) is 77.8. The van der Waals surface area contributed by atoms with E-state index in [-0.39, 0.29) is 0 Å². The number of aryl methyl sites for hydroxylation is 1. The zero-order valence-electron chi connectivity index (χ0n) is 35.9. The number of fused-ring (bicyclic) bond motifs is 6. The van der Waals surface area contributed by atoms with Crippen LogP contribution in [0.25, 0.3) is 117 Å². The van der Waals surface area contributed by atoms with Gasteiger partial charge in [0, 0.05) is 38.4 Å². The summed E-state index contributed by atoms with van der Waals surface area (Å²) in [6.45, 7) is 6.73. The van der Waals surface area contributed by atoms with Gasteiger partial charge in [-0.2, -0.15) is 0 Å². The van der Waals surface area contributed by atoms with E-state index in [1.165, 1.54) is 16.7 Å². The molecule has 0 unspecified atom stereocenters. The van der Waals surface area contributed by atoms with Crippen LogP contribution in [0.1, 0.15) is 11.3 Å². The highest BCUT2D eigenvalue weighted by Gasteiger charge is 2.26. The van der Waals surface area contributed by atoms with E-state index in [0.29, 0.717) is 5.95 Å². The first-order valence-corrected chi connectivity index (χ1v) is 22.1. The van der Waals surface area contributed by atoms with E-state index in [1.807, 2.05) is 6.08 Å². The van der Waals surface area contributed by atoms with Crippen LogP contribution in [-0.2, 0) is 0 Å². The highest BCUT2D eigenvalue weighted by atomic mass is 15.2. The van der Waals surface area contributed by atoms with Gasteiger partial charge in [0.05, 0.1) is 33.5 Å². The Morgan fingerprint density at radius 2 is 0.938 bits per heavy atom. The molecule has 4 nitrogen and oxygen atoms in total. The second kappa shape index (κ2) is 15.6. The van der Waals surface area contributed by atoms with Gasteiger partial charge in [-0.3, -0.25) is 4.57 Å². The SMILES string of the molecule is C=Cc1c(-c2ccccc2C)c2c3c4ccccc4n(-c4nc(-c5ccc(-c6ccccc6)cc5)c5ccccc5n4)c3ccc2n1-c1cc(-c2ccccc2)cc(-c2ccccc2)c1. The summed E-state index contributed by atoms with van der Waals surface area (Å²) in [6.07, 6.45) is 2.03. The van der Waals surface area contributed by atoms with E-state index in [4.69, 9.17) is 9.97 Å². The van der Waals surface area contributed by atoms with Crippen molar-refractivity contribution >= 4 is 49.7 Å². The Bertz CT molecular complexity index is 3710. The summed E-state index contributed by atoms with van der Waals surface area (Å²) < 4.78 is 4.67. The van der Waals surface area contributed by atoms with Crippen molar-refractivity contribution in [3.63, 3.8) is 0 Å². The lowest BCUT2D eigenvalue weighted by Crippen LogP contribution is -2.03. The average molecular weight is 831 g/mol. The van der Waals surface area contributed by atoms with E-state index >= 15 is 0 Å². The van der Waals surface area contributed by atoms with E-state index in [1.54, 1.807) is 0 Å². The van der Waals surface area contributed by atoms with Crippen LogP contribution in [0.4, 0.5) is 0 Å². The summed E-state index contributed by atoms with van der Waals surface area (Å²) >= 11 is 0. The molecule has 12 aromatic rings. The van der Waals surface area contributed by atoms with Gasteiger partial charge in [0.2, 0.25) is 5.95 Å². The van der Waals surface area contributed by atoms with Gasteiger partial charge in [-0.25, -0.2) is 9.97 Å². The molecular formula is C61H42N4. The Labute approximate surface area is 377 Å². The lowest BCUT2D eigenvalue weighted by molar-refractivity contribution is 1.01. The number of rotatable bonds is 8. The van der Waals surface area contributed by atoms with Gasteiger partial charge in [-0.15, -0.1) is 0 Å². The number of para-hydroxylation sites is 2. The summed E-state index contributed by atoms with van der Waals surface area (Å²) in [5, 5.41) is 4.44. The van der Waals surface area contributed by atoms with Gasteiger partial charge in [-0.1, -0.05) is 183 Å². The zero-order valence-corrected chi connectivity index (χ0v) is 35.9. The highest BCUT2D eigenvalue weighted by molar-refractivity contribution is 6.26. The molecule has 3 aromatic heterocycles. The van der Waals surface area contributed by atoms with E-state index < -0.39 is 0 Å². The Morgan fingerprint density at radius 3 is 1.58 bits per heavy atom. The Kier molecular flexibility index (Phi) is 9.17. The second-order valence-electron chi connectivity index (χ2n) is 16.7. The molecule has 65 heavy (non-hydrogen) atoms. The standard InChI is InChI=1S/C61H42N4/c1-3-53-57(49-26-14-13-19-40(49)2)59-56(64(53)48-38-46(42-22-9-5-10-23-42)37-47(39-48)43-24-11-6-12-25-43)36-35-55-58(59)51-28-16-18-30-54(51)65(55)61-62-52-29-17-15-27-50(52)60(63-61)45-33-31-44(32-34-45)41-20-7-4-8-21-41/h3-39H,1H2,2H3. The maximum Gasteiger partial charge on any atom is 0.235 e. The van der Waals surface area contributed by atoms with Crippen LogP contribution in [0.2, 0.25) is 0 Å². The van der Waals surface area contributed by atoms with Gasteiger partial charge >= 0.3 is 0 Å². The maximum absolute atomic E-state index is 5.49. The Balaban J connectivity index is 1.16. The molecule has 0 saturated heterocycles. The van der Waals surface area contributed by atoms with Gasteiger partial charge in [-0.05, 0) is 100.0 Å². The van der Waals surface area contributed by atoms with Gasteiger partial charge in [0.15, 0.2) is 0 Å². The van der Waals surface area contributed by atoms with Crippen LogP contribution in [0.3, 0.4) is 0 Å². The Morgan fingerprint density at radius 1 is 0.415 bits per heavy atom. The van der Waals surface area contributed by atoms with Crippen molar-refractivity contribution in [1.29, 1.82) is 0 Å². The molecule has 4 heteroatoms. The topological polar surface area (TPSA) is 35.6 Å². The highest BCUT2D eigenvalue weighted by Crippen LogP contribution is 2.47. The summed E-state index contributed by atoms with van der Waals surface area (Å²) in [4.78, 5) is 10.8. The molecule has 0 fully saturated rings. The summed E-state index contributed by atoms with van der Waals surface area (Å²) in [7, 11) is 0. The van der Waals surface area contributed by atoms with Crippen LogP contribution >= 0.6 is 0 Å². The second-order valence-corrected chi connectivity index (χ2v) is 16.7. The molecule has 0 spiro atoms. The number of hydrogen-bond donors (Lipinski definition) is 0. The fourth-order valence-electron chi connectivity index (χ4n) is 9.84. The van der Waals surface area contributed by atoms with Crippen LogP contribution in [0, 0.1) is 6.92 Å². The van der Waals surface area contributed by atoms with Crippen molar-refractivity contribution in [3.05, 3.63) is 236 Å². The van der Waals surface area contributed by atoms with Crippen LogP contribution in [-0.4, -0.2) is 19.1 Å². The van der Waals surface area contributed by atoms with Gasteiger partial charge < -0.3 is 4.57 Å². The number of nitrogens with zero attached hydrogens (tertiary/aromatic N) is 4. The summed E-state index contributed by atoms with van der Waals surface area (Å²) in [5.74, 6) is 0.625. The fraction of sp³-hybridized carbons (Fsp3) is 0.0164. The molecule has 0 N–H and O–H groups in total. The molecule has 9 aromatic carbocycles. The van der Waals surface area contributed by atoms with Crippen LogP contribution < -0.4 is 0 Å². The predicted molar refractivity (Wildman–Crippen MR) is 273 cm³/mol. The molecule has 0 aliphatic rings. The smallest absolute Gasteiger partial charge is 0.235 e. The van der Waals surface area contributed by atoms with Gasteiger partial charge in [0.1, 0.15) is 0 Å². The van der Waals surface area contributed by atoms with Gasteiger partial charge in [0.25, 0.3) is 0 Å². The lowest BCUT2D eigenvalue weighted by Gasteiger charge is -2.15. The maximum atomic E-state index is 5.49. The summed E-state index contributed by atoms with van der Waals surface area (Å²) in [5.41, 5.74) is 18.6. The molecule has 12 rings (SSSR count). The molecular weight excluding hydrogens is 789 g/mol. The van der Waals surface area contributed by atoms with Crippen molar-refractivity contribution in [1.82, 2.24) is 19.1 Å². The van der Waals surface area contributed by atoms with Crippen molar-refractivity contribution in [2.24, 2.45) is 0 Å². The molecule has 0 radical (unpaired) electrons. The third kappa shape index (κ3) is 6.38. The monoisotopic (exact) mass is 830 g/mol. The van der Waals surface area contributed by atoms with Crippen molar-refractivity contribution in [3.8, 4) is 67.4 Å². The minimum atomic E-state index is 0.625. The van der Waals surface area contributed by atoms with Crippen LogP contribution in [0.5, 0.6) is 0 Å².